The molecule has 1 fully saturated rings. The van der Waals surface area contributed by atoms with Crippen molar-refractivity contribution in [2.24, 2.45) is 0 Å². The number of H-pyrrole nitrogens is 1. The Labute approximate surface area is 132 Å². The van der Waals surface area contributed by atoms with Crippen molar-refractivity contribution in [1.82, 2.24) is 15.5 Å². The number of halogens is 1. The minimum atomic E-state index is -3.02. The fraction of sp³-hybridized carbons (Fsp3) is 0.286. The zero-order valence-corrected chi connectivity index (χ0v) is 13.1. The number of nitrogens with zero attached hydrogens (tertiary/aromatic N) is 1. The van der Waals surface area contributed by atoms with Gasteiger partial charge in [0.15, 0.2) is 9.84 Å². The van der Waals surface area contributed by atoms with Gasteiger partial charge in [0.1, 0.15) is 5.69 Å². The number of hydrogen-bond donors (Lipinski definition) is 2. The summed E-state index contributed by atoms with van der Waals surface area (Å²) in [5.41, 5.74) is 1.76. The van der Waals surface area contributed by atoms with Crippen LogP contribution in [-0.4, -0.2) is 42.1 Å². The van der Waals surface area contributed by atoms with Gasteiger partial charge in [0, 0.05) is 16.6 Å². The summed E-state index contributed by atoms with van der Waals surface area (Å²) < 4.78 is 22.8. The lowest BCUT2D eigenvalue weighted by Crippen LogP contribution is -2.35. The summed E-state index contributed by atoms with van der Waals surface area (Å²) in [6.07, 6.45) is 0.451. The van der Waals surface area contributed by atoms with E-state index in [0.29, 0.717) is 22.8 Å². The smallest absolute Gasteiger partial charge is 0.269 e. The molecule has 1 unspecified atom stereocenters. The van der Waals surface area contributed by atoms with Gasteiger partial charge in [0.05, 0.1) is 17.2 Å². The van der Waals surface area contributed by atoms with Crippen LogP contribution in [0.1, 0.15) is 16.9 Å². The molecule has 0 radical (unpaired) electrons. The average Bonchev–Trinajstić information content (AvgIpc) is 3.06. The van der Waals surface area contributed by atoms with Gasteiger partial charge in [-0.2, -0.15) is 5.10 Å². The van der Waals surface area contributed by atoms with E-state index in [9.17, 15) is 13.2 Å². The van der Waals surface area contributed by atoms with Crippen molar-refractivity contribution in [1.29, 1.82) is 0 Å². The molecule has 116 valence electrons. The Kier molecular flexibility index (Phi) is 3.92. The first-order valence-electron chi connectivity index (χ1n) is 6.75. The Morgan fingerprint density at radius 2 is 2.05 bits per heavy atom. The molecule has 22 heavy (non-hydrogen) atoms. The third kappa shape index (κ3) is 3.31. The Bertz CT molecular complexity index is 799. The first kappa shape index (κ1) is 15.1. The fourth-order valence-electron chi connectivity index (χ4n) is 2.38. The highest BCUT2D eigenvalue weighted by molar-refractivity contribution is 7.91. The summed E-state index contributed by atoms with van der Waals surface area (Å²) in [6.45, 7) is 0. The summed E-state index contributed by atoms with van der Waals surface area (Å²) in [7, 11) is -3.02. The summed E-state index contributed by atoms with van der Waals surface area (Å²) in [6, 6.07) is 8.40. The fourth-order valence-corrected chi connectivity index (χ4v) is 4.18. The van der Waals surface area contributed by atoms with Gasteiger partial charge in [-0.15, -0.1) is 0 Å². The number of aromatic nitrogens is 2. The van der Waals surface area contributed by atoms with Crippen LogP contribution in [0.4, 0.5) is 0 Å². The number of nitrogens with one attached hydrogen (secondary N) is 2. The Balaban J connectivity index is 1.71. The standard InChI is InChI=1S/C14H14ClN3O3S/c15-10-3-1-9(2-4-10)12-7-13(18-17-12)14(19)16-11-5-6-22(20,21)8-11/h1-4,7,11H,5-6,8H2,(H,16,19)(H,17,18). The van der Waals surface area contributed by atoms with Crippen molar-refractivity contribution in [3.8, 4) is 11.3 Å². The van der Waals surface area contributed by atoms with Crippen LogP contribution in [0.5, 0.6) is 0 Å². The molecule has 1 amide bonds. The van der Waals surface area contributed by atoms with Crippen LogP contribution in [0.2, 0.25) is 5.02 Å². The Morgan fingerprint density at radius 3 is 2.68 bits per heavy atom. The Hall–Kier alpha value is -1.86. The van der Waals surface area contributed by atoms with Gasteiger partial charge >= 0.3 is 0 Å². The van der Waals surface area contributed by atoms with Crippen LogP contribution >= 0.6 is 11.6 Å². The quantitative estimate of drug-likeness (QED) is 0.889. The van der Waals surface area contributed by atoms with E-state index in [1.54, 1.807) is 18.2 Å². The number of carbonyl (C=O) groups is 1. The molecule has 0 bridgehead atoms. The second-order valence-electron chi connectivity index (χ2n) is 5.25. The van der Waals surface area contributed by atoms with Crippen LogP contribution in [0.3, 0.4) is 0 Å². The van der Waals surface area contributed by atoms with Gasteiger partial charge < -0.3 is 5.32 Å². The first-order valence-corrected chi connectivity index (χ1v) is 8.95. The zero-order valence-electron chi connectivity index (χ0n) is 11.5. The van der Waals surface area contributed by atoms with Crippen molar-refractivity contribution in [2.45, 2.75) is 12.5 Å². The normalized spacial score (nSPS) is 20.0. The molecule has 2 aromatic rings. The number of amides is 1. The van der Waals surface area contributed by atoms with Gasteiger partial charge in [-0.05, 0) is 24.6 Å². The maximum absolute atomic E-state index is 12.1. The van der Waals surface area contributed by atoms with Crippen molar-refractivity contribution in [2.75, 3.05) is 11.5 Å². The number of rotatable bonds is 3. The van der Waals surface area contributed by atoms with Crippen LogP contribution < -0.4 is 5.32 Å². The average molecular weight is 340 g/mol. The summed E-state index contributed by atoms with van der Waals surface area (Å²) >= 11 is 5.83. The molecule has 2 N–H and O–H groups in total. The monoisotopic (exact) mass is 339 g/mol. The molecule has 0 saturated carbocycles. The highest BCUT2D eigenvalue weighted by Gasteiger charge is 2.29. The summed E-state index contributed by atoms with van der Waals surface area (Å²) in [5.74, 6) is -0.233. The van der Waals surface area contributed by atoms with E-state index >= 15 is 0 Å². The third-order valence-electron chi connectivity index (χ3n) is 3.53. The lowest BCUT2D eigenvalue weighted by molar-refractivity contribution is 0.0936. The van der Waals surface area contributed by atoms with Gasteiger partial charge in [0.25, 0.3) is 5.91 Å². The lowest BCUT2D eigenvalue weighted by atomic mass is 10.1. The van der Waals surface area contributed by atoms with Crippen molar-refractivity contribution >= 4 is 27.3 Å². The molecule has 0 aliphatic carbocycles. The van der Waals surface area contributed by atoms with Crippen LogP contribution in [-0.2, 0) is 9.84 Å². The van der Waals surface area contributed by atoms with Crippen molar-refractivity contribution < 1.29 is 13.2 Å². The lowest BCUT2D eigenvalue weighted by Gasteiger charge is -2.08. The topological polar surface area (TPSA) is 91.9 Å². The number of aromatic amines is 1. The van der Waals surface area contributed by atoms with E-state index in [1.165, 1.54) is 0 Å². The Morgan fingerprint density at radius 1 is 1.32 bits per heavy atom. The number of hydrogen-bond acceptors (Lipinski definition) is 4. The van der Waals surface area contributed by atoms with Gasteiger partial charge in [-0.3, -0.25) is 9.89 Å². The molecular weight excluding hydrogens is 326 g/mol. The van der Waals surface area contributed by atoms with Crippen LogP contribution in [0.25, 0.3) is 11.3 Å². The summed E-state index contributed by atoms with van der Waals surface area (Å²) in [4.78, 5) is 12.1. The van der Waals surface area contributed by atoms with Gasteiger partial charge in [-0.25, -0.2) is 8.42 Å². The van der Waals surface area contributed by atoms with Gasteiger partial charge in [0.2, 0.25) is 0 Å². The number of benzene rings is 1. The SMILES string of the molecule is O=C(NC1CCS(=O)(=O)C1)c1cc(-c2ccc(Cl)cc2)n[nH]1. The second kappa shape index (κ2) is 5.73. The highest BCUT2D eigenvalue weighted by atomic mass is 35.5. The van der Waals surface area contributed by atoms with E-state index in [-0.39, 0.29) is 23.5 Å². The molecule has 1 aliphatic rings. The van der Waals surface area contributed by atoms with E-state index in [1.807, 2.05) is 12.1 Å². The first-order chi connectivity index (χ1) is 10.4. The minimum Gasteiger partial charge on any atom is -0.347 e. The van der Waals surface area contributed by atoms with E-state index in [0.717, 1.165) is 5.56 Å². The maximum atomic E-state index is 12.1. The number of carbonyl (C=O) groups excluding carboxylic acids is 1. The largest absolute Gasteiger partial charge is 0.347 e. The molecule has 0 spiro atoms. The van der Waals surface area contributed by atoms with Crippen LogP contribution in [0, 0.1) is 0 Å². The molecule has 1 atom stereocenters. The maximum Gasteiger partial charge on any atom is 0.269 e. The van der Waals surface area contributed by atoms with Crippen molar-refractivity contribution in [3.63, 3.8) is 0 Å². The molecule has 6 nitrogen and oxygen atoms in total. The second-order valence-corrected chi connectivity index (χ2v) is 7.91. The molecule has 1 aromatic carbocycles. The third-order valence-corrected chi connectivity index (χ3v) is 5.55. The number of sulfone groups is 1. The molecule has 1 saturated heterocycles. The van der Waals surface area contributed by atoms with E-state index in [4.69, 9.17) is 11.6 Å². The molecule has 1 aromatic heterocycles. The minimum absolute atomic E-state index is 0.00306. The molecular formula is C14H14ClN3O3S. The molecule has 3 rings (SSSR count). The summed E-state index contributed by atoms with van der Waals surface area (Å²) in [5, 5.41) is 10.1. The van der Waals surface area contributed by atoms with E-state index in [2.05, 4.69) is 15.5 Å². The zero-order chi connectivity index (χ0) is 15.7. The molecule has 8 heteroatoms. The molecule has 1 aliphatic heterocycles. The predicted molar refractivity (Wildman–Crippen MR) is 83.6 cm³/mol. The van der Waals surface area contributed by atoms with Crippen molar-refractivity contribution in [3.05, 3.63) is 41.0 Å². The highest BCUT2D eigenvalue weighted by Crippen LogP contribution is 2.20. The molecule has 2 heterocycles. The van der Waals surface area contributed by atoms with Gasteiger partial charge in [-0.1, -0.05) is 23.7 Å². The van der Waals surface area contributed by atoms with E-state index < -0.39 is 9.84 Å². The predicted octanol–water partition coefficient (Wildman–Crippen LogP) is 1.65. The van der Waals surface area contributed by atoms with Crippen LogP contribution in [0.15, 0.2) is 30.3 Å².